The van der Waals surface area contributed by atoms with Crippen molar-refractivity contribution in [3.8, 4) is 0 Å². The van der Waals surface area contributed by atoms with Crippen molar-refractivity contribution in [2.24, 2.45) is 0 Å². The first kappa shape index (κ1) is 24.3. The van der Waals surface area contributed by atoms with E-state index in [0.29, 0.717) is 11.3 Å². The van der Waals surface area contributed by atoms with E-state index in [1.165, 1.54) is 0 Å². The van der Waals surface area contributed by atoms with Gasteiger partial charge in [-0.1, -0.05) is 19.4 Å². The summed E-state index contributed by atoms with van der Waals surface area (Å²) in [5.74, 6) is -0.887. The number of rotatable bonds is 10. The first-order valence-electron chi connectivity index (χ1n) is 8.80. The number of carbonyl (C=O) groups is 3. The van der Waals surface area contributed by atoms with Gasteiger partial charge in [0.05, 0.1) is 18.1 Å². The van der Waals surface area contributed by atoms with Crippen LogP contribution in [-0.4, -0.2) is 48.6 Å². The number of amides is 1. The smallest absolute Gasteiger partial charge is 0.408 e. The minimum Gasteiger partial charge on any atom is -0.464 e. The van der Waals surface area contributed by atoms with Gasteiger partial charge in [0.15, 0.2) is 0 Å². The molecule has 1 N–H and O–H groups in total. The zero-order valence-electron chi connectivity index (χ0n) is 16.5. The van der Waals surface area contributed by atoms with Crippen LogP contribution < -0.4 is 5.32 Å². The third kappa shape index (κ3) is 11.0. The fraction of sp³-hybridized carbons (Fsp3) is 0.722. The monoisotopic (exact) mass is 389 g/mol. The first-order valence-corrected chi connectivity index (χ1v) is 9.79. The predicted molar refractivity (Wildman–Crippen MR) is 102 cm³/mol. The molecule has 1 atom stereocenters. The highest BCUT2D eigenvalue weighted by Crippen LogP contribution is 2.20. The van der Waals surface area contributed by atoms with E-state index in [0.717, 1.165) is 18.2 Å². The molecule has 0 heterocycles. The van der Waals surface area contributed by atoms with Crippen molar-refractivity contribution >= 4 is 29.8 Å². The van der Waals surface area contributed by atoms with Crippen LogP contribution in [0.25, 0.3) is 0 Å². The van der Waals surface area contributed by atoms with Crippen LogP contribution in [0.5, 0.6) is 0 Å². The maximum Gasteiger partial charge on any atom is 0.408 e. The van der Waals surface area contributed by atoms with Crippen molar-refractivity contribution in [3.63, 3.8) is 0 Å². The highest BCUT2D eigenvalue weighted by atomic mass is 32.2. The quantitative estimate of drug-likeness (QED) is 0.348. The fourth-order valence-corrected chi connectivity index (χ4v) is 2.69. The Morgan fingerprint density at radius 2 is 1.69 bits per heavy atom. The number of nitrogens with one attached hydrogen (secondary N) is 1. The summed E-state index contributed by atoms with van der Waals surface area (Å²) in [6, 6.07) is -0.936. The molecule has 0 fully saturated rings. The van der Waals surface area contributed by atoms with Gasteiger partial charge >= 0.3 is 18.0 Å². The summed E-state index contributed by atoms with van der Waals surface area (Å²) < 4.78 is 15.2. The molecule has 7 nitrogen and oxygen atoms in total. The van der Waals surface area contributed by atoms with Gasteiger partial charge in [0.1, 0.15) is 11.6 Å². The van der Waals surface area contributed by atoms with Gasteiger partial charge in [-0.2, -0.15) is 0 Å². The lowest BCUT2D eigenvalue weighted by molar-refractivity contribution is -0.145. The van der Waals surface area contributed by atoms with Crippen LogP contribution in [-0.2, 0) is 23.8 Å². The molecule has 0 saturated carbocycles. The molecular weight excluding hydrogens is 358 g/mol. The normalized spacial score (nSPS) is 12.9. The largest absolute Gasteiger partial charge is 0.464 e. The zero-order valence-corrected chi connectivity index (χ0v) is 17.4. The molecule has 0 aromatic rings. The second-order valence-corrected chi connectivity index (χ2v) is 7.40. The number of carbonyl (C=O) groups excluding carboxylic acids is 3. The Kier molecular flexibility index (Phi) is 11.8. The maximum atomic E-state index is 12.1. The van der Waals surface area contributed by atoms with Gasteiger partial charge in [-0.25, -0.2) is 14.4 Å². The lowest BCUT2D eigenvalue weighted by Gasteiger charge is -2.22. The SMILES string of the molecule is CCC/C=C(\SCC(NC(=O)OC(C)(C)C)C(=O)OCC)C(=O)OCC. The van der Waals surface area contributed by atoms with Crippen LogP contribution in [0.3, 0.4) is 0 Å². The van der Waals surface area contributed by atoms with E-state index < -0.39 is 29.7 Å². The average Bonchev–Trinajstić information content (AvgIpc) is 2.52. The molecule has 0 spiro atoms. The third-order valence-corrected chi connectivity index (χ3v) is 3.91. The van der Waals surface area contributed by atoms with E-state index in [1.807, 2.05) is 6.92 Å². The van der Waals surface area contributed by atoms with E-state index in [1.54, 1.807) is 40.7 Å². The van der Waals surface area contributed by atoms with Gasteiger partial charge in [0.25, 0.3) is 0 Å². The third-order valence-electron chi connectivity index (χ3n) is 2.76. The van der Waals surface area contributed by atoms with Gasteiger partial charge in [0, 0.05) is 5.75 Å². The van der Waals surface area contributed by atoms with E-state index in [9.17, 15) is 14.4 Å². The second kappa shape index (κ2) is 12.6. The van der Waals surface area contributed by atoms with Crippen molar-refractivity contribution in [3.05, 3.63) is 11.0 Å². The van der Waals surface area contributed by atoms with E-state index in [-0.39, 0.29) is 19.0 Å². The number of esters is 2. The summed E-state index contributed by atoms with van der Waals surface area (Å²) in [5.41, 5.74) is -0.687. The Labute approximate surface area is 160 Å². The number of hydrogen-bond donors (Lipinski definition) is 1. The number of unbranched alkanes of at least 4 members (excludes halogenated alkanes) is 1. The van der Waals surface area contributed by atoms with Crippen LogP contribution in [0.1, 0.15) is 54.4 Å². The first-order chi connectivity index (χ1) is 12.1. The number of ether oxygens (including phenoxy) is 3. The Hall–Kier alpha value is -1.70. The second-order valence-electron chi connectivity index (χ2n) is 6.34. The fourth-order valence-electron chi connectivity index (χ4n) is 1.71. The van der Waals surface area contributed by atoms with Gasteiger partial charge < -0.3 is 19.5 Å². The van der Waals surface area contributed by atoms with Crippen LogP contribution in [0.4, 0.5) is 4.79 Å². The molecule has 1 amide bonds. The molecule has 0 aromatic carbocycles. The molecular formula is C18H31NO6S. The molecule has 0 bridgehead atoms. The molecule has 0 aliphatic rings. The average molecular weight is 390 g/mol. The highest BCUT2D eigenvalue weighted by Gasteiger charge is 2.26. The Morgan fingerprint density at radius 3 is 2.19 bits per heavy atom. The molecule has 0 aromatic heterocycles. The summed E-state index contributed by atoms with van der Waals surface area (Å²) in [7, 11) is 0. The standard InChI is InChI=1S/C18H31NO6S/c1-7-10-11-14(16(21)24-9-3)26-12-13(15(20)23-8-2)19-17(22)25-18(4,5)6/h11,13H,7-10,12H2,1-6H3,(H,19,22)/b14-11-. The number of allylic oxidation sites excluding steroid dienone is 1. The summed E-state index contributed by atoms with van der Waals surface area (Å²) in [6.07, 6.45) is 2.65. The molecule has 0 radical (unpaired) electrons. The molecule has 0 rings (SSSR count). The lowest BCUT2D eigenvalue weighted by Crippen LogP contribution is -2.45. The van der Waals surface area contributed by atoms with Crippen molar-refractivity contribution in [2.75, 3.05) is 19.0 Å². The van der Waals surface area contributed by atoms with Gasteiger partial charge in [-0.05, 0) is 41.0 Å². The molecule has 0 aliphatic heterocycles. The van der Waals surface area contributed by atoms with Crippen molar-refractivity contribution in [1.82, 2.24) is 5.32 Å². The van der Waals surface area contributed by atoms with Gasteiger partial charge in [0.2, 0.25) is 0 Å². The minimum absolute atomic E-state index is 0.131. The molecule has 26 heavy (non-hydrogen) atoms. The molecule has 0 aliphatic carbocycles. The summed E-state index contributed by atoms with van der Waals surface area (Å²) in [4.78, 5) is 36.5. The van der Waals surface area contributed by atoms with Crippen molar-refractivity contribution in [2.45, 2.75) is 66.0 Å². The minimum atomic E-state index is -0.936. The Morgan fingerprint density at radius 1 is 1.08 bits per heavy atom. The lowest BCUT2D eigenvalue weighted by atomic mass is 10.2. The Bertz CT molecular complexity index is 498. The summed E-state index contributed by atoms with van der Waals surface area (Å²) in [6.45, 7) is 11.0. The molecule has 8 heteroatoms. The number of thioether (sulfide) groups is 1. The van der Waals surface area contributed by atoms with Crippen molar-refractivity contribution < 1.29 is 28.6 Å². The molecule has 0 saturated heterocycles. The van der Waals surface area contributed by atoms with Crippen LogP contribution >= 0.6 is 11.8 Å². The molecule has 1 unspecified atom stereocenters. The van der Waals surface area contributed by atoms with Crippen LogP contribution in [0, 0.1) is 0 Å². The molecule has 150 valence electrons. The summed E-state index contributed by atoms with van der Waals surface area (Å²) >= 11 is 1.15. The van der Waals surface area contributed by atoms with Gasteiger partial charge in [-0.3, -0.25) is 0 Å². The number of alkyl carbamates (subject to hydrolysis) is 1. The van der Waals surface area contributed by atoms with Crippen LogP contribution in [0.2, 0.25) is 0 Å². The van der Waals surface area contributed by atoms with E-state index in [4.69, 9.17) is 14.2 Å². The summed E-state index contributed by atoms with van der Waals surface area (Å²) in [5, 5.41) is 2.50. The van der Waals surface area contributed by atoms with Crippen molar-refractivity contribution in [1.29, 1.82) is 0 Å². The highest BCUT2D eigenvalue weighted by molar-refractivity contribution is 8.04. The van der Waals surface area contributed by atoms with E-state index in [2.05, 4.69) is 5.32 Å². The van der Waals surface area contributed by atoms with Gasteiger partial charge in [-0.15, -0.1) is 11.8 Å². The Balaban J connectivity index is 5.05. The maximum absolute atomic E-state index is 12.1. The number of hydrogen-bond acceptors (Lipinski definition) is 7. The predicted octanol–water partition coefficient (Wildman–Crippen LogP) is 3.42. The van der Waals surface area contributed by atoms with E-state index >= 15 is 0 Å². The topological polar surface area (TPSA) is 90.9 Å². The van der Waals surface area contributed by atoms with Crippen LogP contribution in [0.15, 0.2) is 11.0 Å². The zero-order chi connectivity index (χ0) is 20.2.